The zero-order valence-corrected chi connectivity index (χ0v) is 13.0. The van der Waals surface area contributed by atoms with Crippen molar-refractivity contribution in [1.82, 2.24) is 15.5 Å². The van der Waals surface area contributed by atoms with Crippen LogP contribution in [0.2, 0.25) is 0 Å². The van der Waals surface area contributed by atoms with Crippen LogP contribution in [0.1, 0.15) is 24.0 Å². The summed E-state index contributed by atoms with van der Waals surface area (Å²) in [5, 5.41) is 6.37. The van der Waals surface area contributed by atoms with Gasteiger partial charge in [0.15, 0.2) is 0 Å². The third-order valence-electron chi connectivity index (χ3n) is 3.94. The normalized spacial score (nSPS) is 15.9. The Bertz CT molecular complexity index is 424. The summed E-state index contributed by atoms with van der Waals surface area (Å²) in [6.07, 6.45) is 2.44. The number of nitrogens with zero attached hydrogens (tertiary/aromatic N) is 1. The number of piperazine rings is 1. The summed E-state index contributed by atoms with van der Waals surface area (Å²) in [7, 11) is 0. The molecular weight excluding hydrogens is 262 g/mol. The molecule has 1 fully saturated rings. The van der Waals surface area contributed by atoms with Crippen molar-refractivity contribution in [3.8, 4) is 0 Å². The van der Waals surface area contributed by atoms with Crippen LogP contribution in [-0.2, 0) is 11.2 Å². The lowest BCUT2D eigenvalue weighted by molar-refractivity contribution is -0.121. The molecule has 4 heteroatoms. The maximum Gasteiger partial charge on any atom is 0.220 e. The summed E-state index contributed by atoms with van der Waals surface area (Å²) in [6.45, 7) is 8.38. The number of carbonyl (C=O) groups is 1. The fourth-order valence-electron chi connectivity index (χ4n) is 2.57. The molecule has 21 heavy (non-hydrogen) atoms. The number of amides is 1. The summed E-state index contributed by atoms with van der Waals surface area (Å²) in [5.41, 5.74) is 2.49. The van der Waals surface area contributed by atoms with Crippen LogP contribution in [0.5, 0.6) is 0 Å². The average molecular weight is 289 g/mol. The van der Waals surface area contributed by atoms with Gasteiger partial charge < -0.3 is 15.5 Å². The molecular formula is C17H27N3O. The summed E-state index contributed by atoms with van der Waals surface area (Å²) in [6, 6.07) is 8.40. The summed E-state index contributed by atoms with van der Waals surface area (Å²) < 4.78 is 0. The number of nitrogens with one attached hydrogen (secondary N) is 2. The van der Waals surface area contributed by atoms with Crippen LogP contribution in [-0.4, -0.2) is 50.1 Å². The number of benzene rings is 1. The minimum Gasteiger partial charge on any atom is -0.356 e. The Morgan fingerprint density at radius 3 is 2.67 bits per heavy atom. The van der Waals surface area contributed by atoms with E-state index in [1.54, 1.807) is 0 Å². The Morgan fingerprint density at radius 2 is 1.95 bits per heavy atom. The molecule has 116 valence electrons. The second kappa shape index (κ2) is 8.80. The van der Waals surface area contributed by atoms with Crippen LogP contribution in [0.15, 0.2) is 24.3 Å². The molecule has 0 spiro atoms. The molecule has 0 unspecified atom stereocenters. The molecule has 1 aromatic carbocycles. The average Bonchev–Trinajstić information content (AvgIpc) is 2.52. The van der Waals surface area contributed by atoms with E-state index in [4.69, 9.17) is 0 Å². The third kappa shape index (κ3) is 6.27. The minimum absolute atomic E-state index is 0.163. The summed E-state index contributed by atoms with van der Waals surface area (Å²) >= 11 is 0. The van der Waals surface area contributed by atoms with Crippen molar-refractivity contribution in [1.29, 1.82) is 0 Å². The van der Waals surface area contributed by atoms with Crippen molar-refractivity contribution in [2.45, 2.75) is 26.2 Å². The zero-order valence-electron chi connectivity index (χ0n) is 13.0. The Labute approximate surface area is 127 Å². The number of hydrogen-bond donors (Lipinski definition) is 2. The van der Waals surface area contributed by atoms with E-state index in [0.29, 0.717) is 6.42 Å². The standard InChI is InChI=1S/C17H27N3O/c1-15-3-5-16(6-4-15)7-8-17(21)19-9-2-12-20-13-10-18-11-14-20/h3-6,18H,2,7-14H2,1H3,(H,19,21). The molecule has 1 heterocycles. The predicted molar refractivity (Wildman–Crippen MR) is 86.4 cm³/mol. The van der Waals surface area contributed by atoms with Gasteiger partial charge in [-0.3, -0.25) is 4.79 Å². The van der Waals surface area contributed by atoms with Crippen LogP contribution in [0.3, 0.4) is 0 Å². The van der Waals surface area contributed by atoms with Crippen molar-refractivity contribution in [3.63, 3.8) is 0 Å². The monoisotopic (exact) mass is 289 g/mol. The van der Waals surface area contributed by atoms with Gasteiger partial charge in [0, 0.05) is 39.1 Å². The Hall–Kier alpha value is -1.39. The molecule has 0 bridgehead atoms. The van der Waals surface area contributed by atoms with Gasteiger partial charge in [0.25, 0.3) is 0 Å². The fraction of sp³-hybridized carbons (Fsp3) is 0.588. The molecule has 4 nitrogen and oxygen atoms in total. The molecule has 0 aliphatic carbocycles. The largest absolute Gasteiger partial charge is 0.356 e. The minimum atomic E-state index is 0.163. The van der Waals surface area contributed by atoms with E-state index in [2.05, 4.69) is 46.7 Å². The molecule has 2 N–H and O–H groups in total. The lowest BCUT2D eigenvalue weighted by Gasteiger charge is -2.27. The van der Waals surface area contributed by atoms with E-state index in [9.17, 15) is 4.79 Å². The van der Waals surface area contributed by atoms with Crippen LogP contribution in [0.4, 0.5) is 0 Å². The molecule has 0 saturated carbocycles. The van der Waals surface area contributed by atoms with Gasteiger partial charge in [-0.25, -0.2) is 0 Å². The topological polar surface area (TPSA) is 44.4 Å². The molecule has 1 aliphatic heterocycles. The Balaban J connectivity index is 1.54. The first-order valence-electron chi connectivity index (χ1n) is 7.99. The first-order chi connectivity index (χ1) is 10.2. The zero-order chi connectivity index (χ0) is 14.9. The first kappa shape index (κ1) is 16.0. The molecule has 0 aromatic heterocycles. The van der Waals surface area contributed by atoms with E-state index in [0.717, 1.165) is 52.1 Å². The van der Waals surface area contributed by atoms with Crippen LogP contribution in [0, 0.1) is 6.92 Å². The highest BCUT2D eigenvalue weighted by Crippen LogP contribution is 2.05. The van der Waals surface area contributed by atoms with Crippen molar-refractivity contribution < 1.29 is 4.79 Å². The molecule has 2 rings (SSSR count). The molecule has 1 amide bonds. The van der Waals surface area contributed by atoms with Gasteiger partial charge in [0.05, 0.1) is 0 Å². The summed E-state index contributed by atoms with van der Waals surface area (Å²) in [5.74, 6) is 0.163. The predicted octanol–water partition coefficient (Wildman–Crippen LogP) is 1.34. The SMILES string of the molecule is Cc1ccc(CCC(=O)NCCCN2CCNCC2)cc1. The highest BCUT2D eigenvalue weighted by atomic mass is 16.1. The second-order valence-corrected chi connectivity index (χ2v) is 5.78. The highest BCUT2D eigenvalue weighted by molar-refractivity contribution is 5.76. The first-order valence-corrected chi connectivity index (χ1v) is 7.99. The van der Waals surface area contributed by atoms with Gasteiger partial charge in [-0.15, -0.1) is 0 Å². The van der Waals surface area contributed by atoms with Gasteiger partial charge in [-0.2, -0.15) is 0 Å². The van der Waals surface area contributed by atoms with Crippen LogP contribution < -0.4 is 10.6 Å². The van der Waals surface area contributed by atoms with Crippen LogP contribution in [0.25, 0.3) is 0 Å². The van der Waals surface area contributed by atoms with Crippen molar-refractivity contribution in [2.24, 2.45) is 0 Å². The van der Waals surface area contributed by atoms with E-state index in [1.807, 2.05) is 0 Å². The fourth-order valence-corrected chi connectivity index (χ4v) is 2.57. The smallest absolute Gasteiger partial charge is 0.220 e. The van der Waals surface area contributed by atoms with Crippen molar-refractivity contribution in [3.05, 3.63) is 35.4 Å². The van der Waals surface area contributed by atoms with Gasteiger partial charge in [0.2, 0.25) is 5.91 Å². The molecule has 0 radical (unpaired) electrons. The molecule has 0 atom stereocenters. The quantitative estimate of drug-likeness (QED) is 0.745. The Kier molecular flexibility index (Phi) is 6.70. The molecule has 1 saturated heterocycles. The lowest BCUT2D eigenvalue weighted by atomic mass is 10.1. The van der Waals surface area contributed by atoms with Crippen molar-refractivity contribution in [2.75, 3.05) is 39.3 Å². The number of rotatable bonds is 7. The number of hydrogen-bond acceptors (Lipinski definition) is 3. The van der Waals surface area contributed by atoms with Gasteiger partial charge >= 0.3 is 0 Å². The second-order valence-electron chi connectivity index (χ2n) is 5.78. The number of carbonyl (C=O) groups excluding carboxylic acids is 1. The van der Waals surface area contributed by atoms with Crippen molar-refractivity contribution >= 4 is 5.91 Å². The van der Waals surface area contributed by atoms with Crippen LogP contribution >= 0.6 is 0 Å². The van der Waals surface area contributed by atoms with E-state index >= 15 is 0 Å². The molecule has 1 aromatic rings. The van der Waals surface area contributed by atoms with E-state index < -0.39 is 0 Å². The van der Waals surface area contributed by atoms with Gasteiger partial charge in [-0.05, 0) is 31.9 Å². The third-order valence-corrected chi connectivity index (χ3v) is 3.94. The van der Waals surface area contributed by atoms with E-state index in [-0.39, 0.29) is 5.91 Å². The van der Waals surface area contributed by atoms with Gasteiger partial charge in [0.1, 0.15) is 0 Å². The van der Waals surface area contributed by atoms with E-state index in [1.165, 1.54) is 11.1 Å². The highest BCUT2D eigenvalue weighted by Gasteiger charge is 2.08. The lowest BCUT2D eigenvalue weighted by Crippen LogP contribution is -2.44. The maximum absolute atomic E-state index is 11.8. The number of aryl methyl sites for hydroxylation is 2. The van der Waals surface area contributed by atoms with Gasteiger partial charge in [-0.1, -0.05) is 29.8 Å². The summed E-state index contributed by atoms with van der Waals surface area (Å²) in [4.78, 5) is 14.3. The maximum atomic E-state index is 11.8. The Morgan fingerprint density at radius 1 is 1.24 bits per heavy atom. The molecule has 1 aliphatic rings.